The van der Waals surface area contributed by atoms with Crippen LogP contribution in [0.25, 0.3) is 17.1 Å². The Morgan fingerprint density at radius 3 is 2.45 bits per heavy atom. The van der Waals surface area contributed by atoms with Crippen LogP contribution in [0.3, 0.4) is 0 Å². The molecular weight excluding hydrogens is 501 g/mol. The number of benzene rings is 3. The van der Waals surface area contributed by atoms with E-state index < -0.39 is 0 Å². The molecule has 3 aromatic carbocycles. The minimum atomic E-state index is -0.289. The highest BCUT2D eigenvalue weighted by molar-refractivity contribution is 7.99. The molecule has 0 radical (unpaired) electrons. The van der Waals surface area contributed by atoms with E-state index in [1.54, 1.807) is 30.3 Å². The third-order valence-corrected chi connectivity index (χ3v) is 6.35. The summed E-state index contributed by atoms with van der Waals surface area (Å²) < 4.78 is 1.89. The monoisotopic (exact) mass is 515 g/mol. The molecule has 0 aliphatic heterocycles. The zero-order valence-electron chi connectivity index (χ0n) is 17.0. The van der Waals surface area contributed by atoms with Crippen molar-refractivity contribution in [1.29, 1.82) is 0 Å². The van der Waals surface area contributed by atoms with Gasteiger partial charge in [-0.2, -0.15) is 5.10 Å². The first-order valence-electron chi connectivity index (χ1n) is 9.68. The molecular formula is C23H16Cl3N5OS. The van der Waals surface area contributed by atoms with E-state index in [-0.39, 0.29) is 11.7 Å². The predicted molar refractivity (Wildman–Crippen MR) is 135 cm³/mol. The molecule has 0 aliphatic rings. The second-order valence-electron chi connectivity index (χ2n) is 6.74. The Kier molecular flexibility index (Phi) is 7.67. The number of thioether (sulfide) groups is 1. The molecule has 0 atom stereocenters. The van der Waals surface area contributed by atoms with Crippen molar-refractivity contribution < 1.29 is 4.79 Å². The average molecular weight is 517 g/mol. The lowest BCUT2D eigenvalue weighted by Crippen LogP contribution is -2.20. The highest BCUT2D eigenvalue weighted by Gasteiger charge is 2.17. The van der Waals surface area contributed by atoms with Gasteiger partial charge in [-0.3, -0.25) is 9.36 Å². The number of aromatic nitrogens is 3. The summed E-state index contributed by atoms with van der Waals surface area (Å²) in [6.07, 6.45) is 1.49. The lowest BCUT2D eigenvalue weighted by molar-refractivity contribution is -0.118. The van der Waals surface area contributed by atoms with Crippen molar-refractivity contribution in [2.75, 3.05) is 5.75 Å². The summed E-state index contributed by atoms with van der Waals surface area (Å²) >= 11 is 19.2. The zero-order chi connectivity index (χ0) is 23.2. The summed E-state index contributed by atoms with van der Waals surface area (Å²) in [5.74, 6) is 0.473. The first-order valence-corrected chi connectivity index (χ1v) is 11.8. The Hall–Kier alpha value is -2.84. The van der Waals surface area contributed by atoms with Crippen LogP contribution < -0.4 is 5.43 Å². The van der Waals surface area contributed by atoms with Gasteiger partial charge in [0, 0.05) is 16.3 Å². The van der Waals surface area contributed by atoms with E-state index in [1.165, 1.54) is 18.0 Å². The number of carbonyl (C=O) groups is 1. The van der Waals surface area contributed by atoms with Gasteiger partial charge in [-0.05, 0) is 42.0 Å². The van der Waals surface area contributed by atoms with E-state index in [0.717, 1.165) is 11.3 Å². The van der Waals surface area contributed by atoms with E-state index in [2.05, 4.69) is 20.7 Å². The van der Waals surface area contributed by atoms with Crippen LogP contribution in [0.15, 0.2) is 83.1 Å². The molecule has 0 saturated carbocycles. The maximum Gasteiger partial charge on any atom is 0.250 e. The van der Waals surface area contributed by atoms with Gasteiger partial charge in [-0.15, -0.1) is 10.2 Å². The maximum absolute atomic E-state index is 12.3. The number of halogens is 3. The van der Waals surface area contributed by atoms with Crippen LogP contribution in [-0.4, -0.2) is 32.6 Å². The Morgan fingerprint density at radius 2 is 1.73 bits per heavy atom. The molecule has 0 spiro atoms. The lowest BCUT2D eigenvalue weighted by atomic mass is 10.2. The number of carbonyl (C=O) groups excluding carboxylic acids is 1. The summed E-state index contributed by atoms with van der Waals surface area (Å²) in [5.41, 5.74) is 4.96. The molecule has 6 nitrogen and oxygen atoms in total. The summed E-state index contributed by atoms with van der Waals surface area (Å²) in [4.78, 5) is 12.3. The van der Waals surface area contributed by atoms with Crippen molar-refractivity contribution in [2.45, 2.75) is 5.16 Å². The molecule has 1 N–H and O–H groups in total. The van der Waals surface area contributed by atoms with Gasteiger partial charge >= 0.3 is 0 Å². The fourth-order valence-corrected chi connectivity index (χ4v) is 4.07. The number of rotatable bonds is 7. The topological polar surface area (TPSA) is 72.2 Å². The largest absolute Gasteiger partial charge is 0.272 e. The van der Waals surface area contributed by atoms with Gasteiger partial charge in [0.2, 0.25) is 0 Å². The number of hydrogen-bond donors (Lipinski definition) is 1. The fraction of sp³-hybridized carbons (Fsp3) is 0.0435. The molecule has 0 bridgehead atoms. The molecule has 166 valence electrons. The van der Waals surface area contributed by atoms with Gasteiger partial charge in [-0.1, -0.05) is 83.0 Å². The first-order chi connectivity index (χ1) is 16.0. The van der Waals surface area contributed by atoms with Gasteiger partial charge < -0.3 is 0 Å². The molecule has 0 aliphatic carbocycles. The van der Waals surface area contributed by atoms with Crippen LogP contribution in [-0.2, 0) is 4.79 Å². The summed E-state index contributed by atoms with van der Waals surface area (Å²) in [6, 6.07) is 22.1. The van der Waals surface area contributed by atoms with Crippen molar-refractivity contribution in [2.24, 2.45) is 5.10 Å². The number of nitrogens with one attached hydrogen (secondary N) is 1. The Bertz CT molecular complexity index is 1290. The van der Waals surface area contributed by atoms with Gasteiger partial charge in [-0.25, -0.2) is 5.43 Å². The van der Waals surface area contributed by atoms with E-state index >= 15 is 0 Å². The maximum atomic E-state index is 12.3. The summed E-state index contributed by atoms with van der Waals surface area (Å²) in [6.45, 7) is 0. The minimum absolute atomic E-state index is 0.0965. The molecule has 0 unspecified atom stereocenters. The zero-order valence-corrected chi connectivity index (χ0v) is 20.0. The van der Waals surface area contributed by atoms with Crippen molar-refractivity contribution in [3.8, 4) is 17.1 Å². The number of amides is 1. The van der Waals surface area contributed by atoms with Gasteiger partial charge in [0.1, 0.15) is 0 Å². The molecule has 1 heterocycles. The third kappa shape index (κ3) is 5.94. The standard InChI is InChI=1S/C23H16Cl3N5OS/c24-17-7-9-18(10-8-17)31-22(16-4-2-1-3-5-16)29-30-23(31)33-14-21(32)28-27-13-15-6-11-19(25)20(26)12-15/h1-13H,14H2,(H,28,32). The molecule has 0 fully saturated rings. The first kappa shape index (κ1) is 23.3. The molecule has 0 saturated heterocycles. The van der Waals surface area contributed by atoms with Crippen molar-refractivity contribution in [3.63, 3.8) is 0 Å². The third-order valence-electron chi connectivity index (χ3n) is 4.43. The minimum Gasteiger partial charge on any atom is -0.272 e. The average Bonchev–Trinajstić information content (AvgIpc) is 3.25. The smallest absolute Gasteiger partial charge is 0.250 e. The molecule has 1 aromatic heterocycles. The number of nitrogens with zero attached hydrogens (tertiary/aromatic N) is 4. The Labute approximate surface area is 209 Å². The van der Waals surface area contributed by atoms with Gasteiger partial charge in [0.25, 0.3) is 5.91 Å². The van der Waals surface area contributed by atoms with E-state index in [9.17, 15) is 4.79 Å². The molecule has 33 heavy (non-hydrogen) atoms. The highest BCUT2D eigenvalue weighted by Crippen LogP contribution is 2.28. The van der Waals surface area contributed by atoms with E-state index in [0.29, 0.717) is 31.6 Å². The number of hydrogen-bond acceptors (Lipinski definition) is 5. The van der Waals surface area contributed by atoms with E-state index in [1.807, 2.05) is 47.0 Å². The molecule has 1 amide bonds. The van der Waals surface area contributed by atoms with E-state index in [4.69, 9.17) is 34.8 Å². The summed E-state index contributed by atoms with van der Waals surface area (Å²) in [5, 5.41) is 14.7. The van der Waals surface area contributed by atoms with Crippen LogP contribution >= 0.6 is 46.6 Å². The lowest BCUT2D eigenvalue weighted by Gasteiger charge is -2.10. The quantitative estimate of drug-likeness (QED) is 0.182. The Morgan fingerprint density at radius 1 is 0.970 bits per heavy atom. The normalized spacial score (nSPS) is 11.1. The van der Waals surface area contributed by atoms with Crippen molar-refractivity contribution in [3.05, 3.63) is 93.4 Å². The highest BCUT2D eigenvalue weighted by atomic mass is 35.5. The molecule has 10 heteroatoms. The molecule has 4 rings (SSSR count). The van der Waals surface area contributed by atoms with Crippen LogP contribution in [0.1, 0.15) is 5.56 Å². The SMILES string of the molecule is O=C(CSc1nnc(-c2ccccc2)n1-c1ccc(Cl)cc1)NN=Cc1ccc(Cl)c(Cl)c1. The van der Waals surface area contributed by atoms with Crippen LogP contribution in [0.5, 0.6) is 0 Å². The second-order valence-corrected chi connectivity index (χ2v) is 8.93. The summed E-state index contributed by atoms with van der Waals surface area (Å²) in [7, 11) is 0. The predicted octanol–water partition coefficient (Wildman–Crippen LogP) is 6.14. The van der Waals surface area contributed by atoms with Crippen LogP contribution in [0.2, 0.25) is 15.1 Å². The van der Waals surface area contributed by atoms with Crippen LogP contribution in [0.4, 0.5) is 0 Å². The molecule has 4 aromatic rings. The number of hydrazone groups is 1. The Balaban J connectivity index is 1.49. The van der Waals surface area contributed by atoms with Crippen LogP contribution in [0, 0.1) is 0 Å². The fourth-order valence-electron chi connectivity index (χ4n) is 2.89. The second kappa shape index (κ2) is 10.9. The van der Waals surface area contributed by atoms with Gasteiger partial charge in [0.15, 0.2) is 11.0 Å². The van der Waals surface area contributed by atoms with Crippen molar-refractivity contribution in [1.82, 2.24) is 20.2 Å². The van der Waals surface area contributed by atoms with Crippen molar-refractivity contribution >= 4 is 58.7 Å². The van der Waals surface area contributed by atoms with Gasteiger partial charge in [0.05, 0.1) is 22.0 Å².